The van der Waals surface area contributed by atoms with Gasteiger partial charge in [-0.05, 0) is 6.54 Å². The van der Waals surface area contributed by atoms with Crippen molar-refractivity contribution in [1.82, 2.24) is 10.6 Å². The Morgan fingerprint density at radius 1 is 1.50 bits per heavy atom. The van der Waals surface area contributed by atoms with Gasteiger partial charge in [0.1, 0.15) is 0 Å². The average Bonchev–Trinajstić information content (AvgIpc) is 2.01. The Kier molecular flexibility index (Phi) is 5.03. The lowest BCUT2D eigenvalue weighted by atomic mass is 10.2. The van der Waals surface area contributed by atoms with Crippen LogP contribution in [0.15, 0.2) is 0 Å². The number of primary amides is 1. The van der Waals surface area contributed by atoms with Gasteiger partial charge in [0.05, 0.1) is 12.5 Å². The molecule has 0 saturated carbocycles. The van der Waals surface area contributed by atoms with E-state index in [1.165, 1.54) is 7.05 Å². The molecule has 0 rings (SSSR count). The van der Waals surface area contributed by atoms with E-state index < -0.39 is 11.9 Å². The van der Waals surface area contributed by atoms with E-state index in [2.05, 4.69) is 10.6 Å². The van der Waals surface area contributed by atoms with Gasteiger partial charge in [0.25, 0.3) is 0 Å². The van der Waals surface area contributed by atoms with Crippen LogP contribution < -0.4 is 16.4 Å². The average molecular weight is 173 g/mol. The fraction of sp³-hybridized carbons (Fsp3) is 0.714. The van der Waals surface area contributed by atoms with Crippen LogP contribution in [0.3, 0.4) is 0 Å². The van der Waals surface area contributed by atoms with Crippen molar-refractivity contribution < 1.29 is 9.59 Å². The maximum atomic E-state index is 11.1. The van der Waals surface area contributed by atoms with E-state index in [9.17, 15) is 9.59 Å². The third-order valence-electron chi connectivity index (χ3n) is 1.42. The van der Waals surface area contributed by atoms with Crippen molar-refractivity contribution in [1.29, 1.82) is 0 Å². The van der Waals surface area contributed by atoms with E-state index in [4.69, 9.17) is 5.73 Å². The van der Waals surface area contributed by atoms with E-state index >= 15 is 0 Å². The third kappa shape index (κ3) is 3.92. The molecule has 0 aromatic carbocycles. The van der Waals surface area contributed by atoms with Gasteiger partial charge >= 0.3 is 0 Å². The molecule has 0 radical (unpaired) electrons. The van der Waals surface area contributed by atoms with Crippen LogP contribution in [0.4, 0.5) is 0 Å². The topological polar surface area (TPSA) is 84.2 Å². The molecule has 0 saturated heterocycles. The summed E-state index contributed by atoms with van der Waals surface area (Å²) in [4.78, 5) is 21.6. The minimum absolute atomic E-state index is 0.0352. The predicted octanol–water partition coefficient (Wildman–Crippen LogP) is -1.41. The van der Waals surface area contributed by atoms with E-state index in [0.29, 0.717) is 6.54 Å². The van der Waals surface area contributed by atoms with Crippen molar-refractivity contribution in [3.8, 4) is 0 Å². The number of nitrogens with one attached hydrogen (secondary N) is 2. The minimum atomic E-state index is -0.502. The lowest BCUT2D eigenvalue weighted by molar-refractivity contribution is -0.126. The lowest BCUT2D eigenvalue weighted by Crippen LogP contribution is -2.45. The summed E-state index contributed by atoms with van der Waals surface area (Å²) in [6, 6.07) is -0.502. The summed E-state index contributed by atoms with van der Waals surface area (Å²) >= 11 is 0. The molecule has 1 atom stereocenters. The monoisotopic (exact) mass is 173 g/mol. The van der Waals surface area contributed by atoms with Crippen LogP contribution in [-0.2, 0) is 9.59 Å². The Labute approximate surface area is 71.7 Å². The largest absolute Gasteiger partial charge is 0.370 e. The van der Waals surface area contributed by atoms with Gasteiger partial charge in [0.2, 0.25) is 11.8 Å². The maximum absolute atomic E-state index is 11.1. The van der Waals surface area contributed by atoms with Crippen LogP contribution in [-0.4, -0.2) is 31.4 Å². The normalized spacial score (nSPS) is 12.2. The van der Waals surface area contributed by atoms with E-state index in [-0.39, 0.29) is 12.3 Å². The smallest absolute Gasteiger partial charge is 0.237 e. The molecule has 0 aliphatic rings. The summed E-state index contributed by atoms with van der Waals surface area (Å²) in [5.41, 5.74) is 4.96. The van der Waals surface area contributed by atoms with Crippen molar-refractivity contribution in [2.75, 3.05) is 13.6 Å². The number of carbonyl (C=O) groups is 2. The first-order valence-electron chi connectivity index (χ1n) is 3.85. The molecule has 0 aliphatic heterocycles. The third-order valence-corrected chi connectivity index (χ3v) is 1.42. The molecule has 1 unspecified atom stereocenters. The van der Waals surface area contributed by atoms with Gasteiger partial charge in [0.15, 0.2) is 0 Å². The summed E-state index contributed by atoms with van der Waals surface area (Å²) in [6.07, 6.45) is 0.0352. The van der Waals surface area contributed by atoms with Crippen LogP contribution in [0.25, 0.3) is 0 Å². The lowest BCUT2D eigenvalue weighted by Gasteiger charge is -2.13. The Hall–Kier alpha value is -1.10. The molecular formula is C7H15N3O2. The van der Waals surface area contributed by atoms with E-state index in [1.54, 1.807) is 0 Å². The molecule has 0 aliphatic carbocycles. The SMILES string of the molecule is CCNC(CC(N)=O)C(=O)NC. The van der Waals surface area contributed by atoms with Crippen LogP contribution >= 0.6 is 0 Å². The number of likely N-dealkylation sites (N-methyl/N-ethyl adjacent to an activating group) is 2. The Morgan fingerprint density at radius 3 is 2.42 bits per heavy atom. The van der Waals surface area contributed by atoms with Crippen molar-refractivity contribution in [3.05, 3.63) is 0 Å². The van der Waals surface area contributed by atoms with E-state index in [1.807, 2.05) is 6.92 Å². The zero-order chi connectivity index (χ0) is 9.56. The Morgan fingerprint density at radius 2 is 2.08 bits per heavy atom. The highest BCUT2D eigenvalue weighted by Gasteiger charge is 2.17. The molecule has 0 heterocycles. The summed E-state index contributed by atoms with van der Waals surface area (Å²) in [7, 11) is 1.52. The second kappa shape index (κ2) is 5.54. The summed E-state index contributed by atoms with van der Waals surface area (Å²) in [6.45, 7) is 2.49. The quantitative estimate of drug-likeness (QED) is 0.477. The zero-order valence-electron chi connectivity index (χ0n) is 7.39. The number of hydrogen-bond acceptors (Lipinski definition) is 3. The van der Waals surface area contributed by atoms with Crippen LogP contribution in [0.1, 0.15) is 13.3 Å². The molecule has 4 N–H and O–H groups in total. The number of nitrogens with two attached hydrogens (primary N) is 1. The number of amides is 2. The van der Waals surface area contributed by atoms with E-state index in [0.717, 1.165) is 0 Å². The fourth-order valence-corrected chi connectivity index (χ4v) is 0.879. The standard InChI is InChI=1S/C7H15N3O2/c1-3-10-5(4-6(8)11)7(12)9-2/h5,10H,3-4H2,1-2H3,(H2,8,11)(H,9,12). The molecule has 70 valence electrons. The van der Waals surface area contributed by atoms with Crippen molar-refractivity contribution in [3.63, 3.8) is 0 Å². The van der Waals surface area contributed by atoms with Crippen LogP contribution in [0.5, 0.6) is 0 Å². The predicted molar refractivity (Wildman–Crippen MR) is 45.3 cm³/mol. The van der Waals surface area contributed by atoms with Gasteiger partial charge in [-0.2, -0.15) is 0 Å². The molecule has 0 spiro atoms. The second-order valence-corrected chi connectivity index (χ2v) is 2.39. The number of rotatable bonds is 5. The van der Waals surface area contributed by atoms with Gasteiger partial charge in [-0.3, -0.25) is 9.59 Å². The van der Waals surface area contributed by atoms with Crippen molar-refractivity contribution in [2.24, 2.45) is 5.73 Å². The molecule has 0 fully saturated rings. The summed E-state index contributed by atoms with van der Waals surface area (Å²) in [5.74, 6) is -0.694. The highest BCUT2D eigenvalue weighted by molar-refractivity contribution is 5.87. The van der Waals surface area contributed by atoms with Crippen LogP contribution in [0.2, 0.25) is 0 Å². The maximum Gasteiger partial charge on any atom is 0.237 e. The van der Waals surface area contributed by atoms with Crippen molar-refractivity contribution in [2.45, 2.75) is 19.4 Å². The summed E-state index contributed by atoms with van der Waals surface area (Å²) < 4.78 is 0. The molecule has 2 amide bonds. The highest BCUT2D eigenvalue weighted by atomic mass is 16.2. The molecule has 12 heavy (non-hydrogen) atoms. The first-order chi connectivity index (χ1) is 5.61. The van der Waals surface area contributed by atoms with Crippen LogP contribution in [0, 0.1) is 0 Å². The number of hydrogen-bond donors (Lipinski definition) is 3. The zero-order valence-corrected chi connectivity index (χ0v) is 7.39. The van der Waals surface area contributed by atoms with Gasteiger partial charge < -0.3 is 16.4 Å². The second-order valence-electron chi connectivity index (χ2n) is 2.39. The molecule has 0 bridgehead atoms. The first kappa shape index (κ1) is 10.9. The van der Waals surface area contributed by atoms with Crippen molar-refractivity contribution >= 4 is 11.8 Å². The molecular weight excluding hydrogens is 158 g/mol. The van der Waals surface area contributed by atoms with Gasteiger partial charge in [-0.15, -0.1) is 0 Å². The molecule has 5 nitrogen and oxygen atoms in total. The van der Waals surface area contributed by atoms with Gasteiger partial charge in [0, 0.05) is 7.05 Å². The first-order valence-corrected chi connectivity index (χ1v) is 3.85. The Balaban J connectivity index is 4.02. The molecule has 5 heteroatoms. The minimum Gasteiger partial charge on any atom is -0.370 e. The van der Waals surface area contributed by atoms with Gasteiger partial charge in [-0.25, -0.2) is 0 Å². The highest BCUT2D eigenvalue weighted by Crippen LogP contribution is 1.90. The fourth-order valence-electron chi connectivity index (χ4n) is 0.879. The molecule has 0 aromatic heterocycles. The van der Waals surface area contributed by atoms with Gasteiger partial charge in [-0.1, -0.05) is 6.92 Å². The molecule has 0 aromatic rings. The number of carbonyl (C=O) groups excluding carboxylic acids is 2. The summed E-state index contributed by atoms with van der Waals surface area (Å²) in [5, 5.41) is 5.30. The Bertz CT molecular complexity index is 170.